The van der Waals surface area contributed by atoms with Gasteiger partial charge in [0, 0.05) is 5.92 Å². The van der Waals surface area contributed by atoms with Crippen LogP contribution in [0.5, 0.6) is 0 Å². The zero-order chi connectivity index (χ0) is 8.72. The summed E-state index contributed by atoms with van der Waals surface area (Å²) in [6, 6.07) is 0. The van der Waals surface area contributed by atoms with Crippen molar-refractivity contribution in [1.29, 1.82) is 0 Å². The zero-order valence-electron chi connectivity index (χ0n) is 7.36. The quantitative estimate of drug-likeness (QED) is 0.449. The number of hydrogen-bond donors (Lipinski definition) is 0. The molecule has 0 spiro atoms. The molecule has 1 saturated carbocycles. The van der Waals surface area contributed by atoms with Gasteiger partial charge in [0.2, 0.25) is 0 Å². The number of hydrogen-bond acceptors (Lipinski definition) is 1. The minimum absolute atomic E-state index is 0.234. The number of rotatable bonds is 2. The first-order valence-corrected chi connectivity index (χ1v) is 4.58. The molecule has 2 bridgehead atoms. The van der Waals surface area contributed by atoms with Gasteiger partial charge in [-0.25, -0.2) is 0 Å². The molecular formula is C11H14O. The molecule has 4 atom stereocenters. The van der Waals surface area contributed by atoms with E-state index in [1.807, 2.05) is 0 Å². The van der Waals surface area contributed by atoms with Gasteiger partial charge in [-0.05, 0) is 30.3 Å². The average Bonchev–Trinajstić information content (AvgIpc) is 2.63. The van der Waals surface area contributed by atoms with Gasteiger partial charge in [0.05, 0.1) is 0 Å². The Labute approximate surface area is 73.2 Å². The predicted molar refractivity (Wildman–Crippen MR) is 48.6 cm³/mol. The Bertz CT molecular complexity index is 252. The van der Waals surface area contributed by atoms with Crippen LogP contribution in [0, 0.1) is 23.7 Å². The van der Waals surface area contributed by atoms with Crippen LogP contribution in [-0.2, 0) is 4.79 Å². The average molecular weight is 162 g/mol. The van der Waals surface area contributed by atoms with Gasteiger partial charge < -0.3 is 0 Å². The van der Waals surface area contributed by atoms with E-state index in [-0.39, 0.29) is 11.7 Å². The van der Waals surface area contributed by atoms with Crippen LogP contribution >= 0.6 is 0 Å². The second-order valence-corrected chi connectivity index (χ2v) is 3.94. The van der Waals surface area contributed by atoms with Crippen LogP contribution in [0.25, 0.3) is 0 Å². The van der Waals surface area contributed by atoms with Gasteiger partial charge in [-0.2, -0.15) is 0 Å². The Morgan fingerprint density at radius 2 is 2.17 bits per heavy atom. The van der Waals surface area contributed by atoms with E-state index in [1.54, 1.807) is 0 Å². The van der Waals surface area contributed by atoms with Crippen molar-refractivity contribution in [3.8, 4) is 0 Å². The summed E-state index contributed by atoms with van der Waals surface area (Å²) in [6.45, 7) is 5.73. The monoisotopic (exact) mass is 162 g/mol. The fourth-order valence-corrected chi connectivity index (χ4v) is 2.68. The first-order valence-electron chi connectivity index (χ1n) is 4.58. The van der Waals surface area contributed by atoms with Gasteiger partial charge in [0.1, 0.15) is 0 Å². The largest absolute Gasteiger partial charge is 0.295 e. The number of carbonyl (C=O) groups excluding carboxylic acids is 1. The standard InChI is InChI=1S/C11H14O/c1-3-10(12)11-7(2)8-4-5-9(11)6-8/h3-5,7-9,11H,1,6H2,2H3. The molecular weight excluding hydrogens is 148 g/mol. The van der Waals surface area contributed by atoms with Crippen molar-refractivity contribution in [2.24, 2.45) is 23.7 Å². The summed E-state index contributed by atoms with van der Waals surface area (Å²) in [5.74, 6) is 2.17. The van der Waals surface area contributed by atoms with Crippen molar-refractivity contribution in [1.82, 2.24) is 0 Å². The normalized spacial score (nSPS) is 43.4. The fraction of sp³-hybridized carbons (Fsp3) is 0.545. The molecule has 64 valence electrons. The second-order valence-electron chi connectivity index (χ2n) is 3.94. The smallest absolute Gasteiger partial charge is 0.159 e. The molecule has 1 heteroatoms. The summed E-state index contributed by atoms with van der Waals surface area (Å²) in [5, 5.41) is 0. The molecule has 0 aromatic rings. The third-order valence-corrected chi connectivity index (χ3v) is 3.38. The summed E-state index contributed by atoms with van der Waals surface area (Å²) in [7, 11) is 0. The Kier molecular flexibility index (Phi) is 1.67. The molecule has 1 fully saturated rings. The predicted octanol–water partition coefficient (Wildman–Crippen LogP) is 2.20. The number of carbonyl (C=O) groups is 1. The lowest BCUT2D eigenvalue weighted by atomic mass is 9.81. The van der Waals surface area contributed by atoms with E-state index in [1.165, 1.54) is 12.5 Å². The highest BCUT2D eigenvalue weighted by Crippen LogP contribution is 2.47. The summed E-state index contributed by atoms with van der Waals surface area (Å²) in [4.78, 5) is 11.5. The third-order valence-electron chi connectivity index (χ3n) is 3.38. The SMILES string of the molecule is C=CC(=O)C1C2C=CC(C2)C1C. The summed E-state index contributed by atoms with van der Waals surface area (Å²) in [6.07, 6.45) is 7.14. The third kappa shape index (κ3) is 0.889. The summed E-state index contributed by atoms with van der Waals surface area (Å²) in [5.41, 5.74) is 0. The van der Waals surface area contributed by atoms with Crippen LogP contribution in [0.1, 0.15) is 13.3 Å². The Morgan fingerprint density at radius 1 is 1.50 bits per heavy atom. The summed E-state index contributed by atoms with van der Waals surface area (Å²) < 4.78 is 0. The fourth-order valence-electron chi connectivity index (χ4n) is 2.68. The van der Waals surface area contributed by atoms with Crippen LogP contribution < -0.4 is 0 Å². The van der Waals surface area contributed by atoms with Crippen molar-refractivity contribution in [3.05, 3.63) is 24.8 Å². The van der Waals surface area contributed by atoms with Crippen LogP contribution in [0.4, 0.5) is 0 Å². The lowest BCUT2D eigenvalue weighted by Crippen LogP contribution is -2.24. The van der Waals surface area contributed by atoms with Gasteiger partial charge >= 0.3 is 0 Å². The highest BCUT2D eigenvalue weighted by atomic mass is 16.1. The molecule has 0 saturated heterocycles. The minimum Gasteiger partial charge on any atom is -0.295 e. The molecule has 2 rings (SSSR count). The molecule has 2 aliphatic carbocycles. The highest BCUT2D eigenvalue weighted by molar-refractivity contribution is 5.92. The lowest BCUT2D eigenvalue weighted by Gasteiger charge is -2.21. The van der Waals surface area contributed by atoms with Crippen LogP contribution in [0.15, 0.2) is 24.8 Å². The first-order chi connectivity index (χ1) is 5.74. The minimum atomic E-state index is 0.234. The van der Waals surface area contributed by atoms with Gasteiger partial charge in [-0.1, -0.05) is 25.7 Å². The van der Waals surface area contributed by atoms with E-state index >= 15 is 0 Å². The molecule has 12 heavy (non-hydrogen) atoms. The molecule has 4 unspecified atom stereocenters. The van der Waals surface area contributed by atoms with E-state index in [4.69, 9.17) is 0 Å². The topological polar surface area (TPSA) is 17.1 Å². The molecule has 2 aliphatic rings. The Balaban J connectivity index is 2.23. The van der Waals surface area contributed by atoms with E-state index in [2.05, 4.69) is 25.7 Å². The maximum atomic E-state index is 11.5. The Hall–Kier alpha value is -0.850. The van der Waals surface area contributed by atoms with Crippen LogP contribution in [0.2, 0.25) is 0 Å². The van der Waals surface area contributed by atoms with Gasteiger partial charge in [-0.15, -0.1) is 0 Å². The molecule has 0 N–H and O–H groups in total. The van der Waals surface area contributed by atoms with E-state index < -0.39 is 0 Å². The van der Waals surface area contributed by atoms with Crippen LogP contribution in [0.3, 0.4) is 0 Å². The van der Waals surface area contributed by atoms with E-state index in [9.17, 15) is 4.79 Å². The van der Waals surface area contributed by atoms with Gasteiger partial charge in [0.25, 0.3) is 0 Å². The van der Waals surface area contributed by atoms with Gasteiger partial charge in [-0.3, -0.25) is 4.79 Å². The second kappa shape index (κ2) is 2.58. The molecule has 0 aliphatic heterocycles. The van der Waals surface area contributed by atoms with E-state index in [0.29, 0.717) is 17.8 Å². The molecule has 0 radical (unpaired) electrons. The van der Waals surface area contributed by atoms with Gasteiger partial charge in [0.15, 0.2) is 5.78 Å². The highest BCUT2D eigenvalue weighted by Gasteiger charge is 2.44. The van der Waals surface area contributed by atoms with Crippen molar-refractivity contribution < 1.29 is 4.79 Å². The maximum Gasteiger partial charge on any atom is 0.159 e. The molecule has 0 heterocycles. The Morgan fingerprint density at radius 3 is 2.67 bits per heavy atom. The number of fused-ring (bicyclic) bond motifs is 2. The van der Waals surface area contributed by atoms with E-state index in [0.717, 1.165) is 0 Å². The van der Waals surface area contributed by atoms with Crippen molar-refractivity contribution in [2.75, 3.05) is 0 Å². The van der Waals surface area contributed by atoms with Crippen LogP contribution in [-0.4, -0.2) is 5.78 Å². The molecule has 0 aromatic carbocycles. The summed E-state index contributed by atoms with van der Waals surface area (Å²) >= 11 is 0. The molecule has 1 nitrogen and oxygen atoms in total. The van der Waals surface area contributed by atoms with Crippen molar-refractivity contribution in [3.63, 3.8) is 0 Å². The lowest BCUT2D eigenvalue weighted by molar-refractivity contribution is -0.120. The number of allylic oxidation sites excluding steroid dienone is 3. The molecule has 0 aromatic heterocycles. The van der Waals surface area contributed by atoms with Crippen molar-refractivity contribution in [2.45, 2.75) is 13.3 Å². The first kappa shape index (κ1) is 7.78. The maximum absolute atomic E-state index is 11.5. The molecule has 0 amide bonds. The van der Waals surface area contributed by atoms with Crippen molar-refractivity contribution >= 4 is 5.78 Å². The zero-order valence-corrected chi connectivity index (χ0v) is 7.36. The number of ketones is 1.